The number of anilines is 1. The highest BCUT2D eigenvalue weighted by atomic mass is 127. The second kappa shape index (κ2) is 6.94. The quantitative estimate of drug-likeness (QED) is 0.326. The van der Waals surface area contributed by atoms with Crippen molar-refractivity contribution in [3.8, 4) is 11.4 Å². The Hall–Kier alpha value is -1.45. The number of ether oxygens (including phenoxy) is 1. The Morgan fingerprint density at radius 2 is 2.04 bits per heavy atom. The third-order valence-corrected chi connectivity index (χ3v) is 6.32. The summed E-state index contributed by atoms with van der Waals surface area (Å²) in [5.41, 5.74) is 10.6. The van der Waals surface area contributed by atoms with Crippen molar-refractivity contribution in [3.05, 3.63) is 32.2 Å². The van der Waals surface area contributed by atoms with E-state index in [1.165, 1.54) is 0 Å². The molecule has 26 heavy (non-hydrogen) atoms. The molecule has 1 saturated heterocycles. The summed E-state index contributed by atoms with van der Waals surface area (Å²) in [7, 11) is 0. The first-order chi connectivity index (χ1) is 12.5. The minimum Gasteiger partial charge on any atom is -0.398 e. The minimum absolute atomic E-state index is 0.0850. The third kappa shape index (κ3) is 2.95. The third-order valence-electron chi connectivity index (χ3n) is 4.71. The SMILES string of the molecule is Cc1nc(Cl)c(I)c(-c2nn(C3CCCCO3)c3ccc(C)c(N)c23)n1. The zero-order valence-electron chi connectivity index (χ0n) is 14.6. The largest absolute Gasteiger partial charge is 0.398 e. The fraction of sp³-hybridized carbons (Fsp3) is 0.389. The van der Waals surface area contributed by atoms with Crippen LogP contribution in [0.25, 0.3) is 22.3 Å². The van der Waals surface area contributed by atoms with Gasteiger partial charge in [0.15, 0.2) is 6.23 Å². The Balaban J connectivity index is 2.02. The fourth-order valence-electron chi connectivity index (χ4n) is 3.35. The van der Waals surface area contributed by atoms with Crippen molar-refractivity contribution < 1.29 is 4.74 Å². The van der Waals surface area contributed by atoms with Crippen LogP contribution in [-0.2, 0) is 4.74 Å². The number of hydrogen-bond acceptors (Lipinski definition) is 5. The van der Waals surface area contributed by atoms with Crippen molar-refractivity contribution in [1.82, 2.24) is 19.7 Å². The number of aromatic nitrogens is 4. The summed E-state index contributed by atoms with van der Waals surface area (Å²) in [6.45, 7) is 4.57. The summed E-state index contributed by atoms with van der Waals surface area (Å²) in [6, 6.07) is 4.07. The zero-order valence-corrected chi connectivity index (χ0v) is 17.5. The lowest BCUT2D eigenvalue weighted by atomic mass is 10.1. The summed E-state index contributed by atoms with van der Waals surface area (Å²) < 4.78 is 8.68. The summed E-state index contributed by atoms with van der Waals surface area (Å²) in [5.74, 6) is 0.605. The Bertz CT molecular complexity index is 997. The number of fused-ring (bicyclic) bond motifs is 1. The van der Waals surface area contributed by atoms with Crippen LogP contribution >= 0.6 is 34.2 Å². The summed E-state index contributed by atoms with van der Waals surface area (Å²) in [5, 5.41) is 6.21. The molecule has 1 atom stereocenters. The van der Waals surface area contributed by atoms with Gasteiger partial charge in [-0.05, 0) is 67.3 Å². The molecule has 1 unspecified atom stereocenters. The maximum atomic E-state index is 6.45. The van der Waals surface area contributed by atoms with Gasteiger partial charge < -0.3 is 10.5 Å². The van der Waals surface area contributed by atoms with Crippen molar-refractivity contribution in [1.29, 1.82) is 0 Å². The Kier molecular flexibility index (Phi) is 4.79. The van der Waals surface area contributed by atoms with Crippen LogP contribution in [0.1, 0.15) is 36.9 Å². The molecule has 2 aromatic heterocycles. The van der Waals surface area contributed by atoms with Crippen LogP contribution in [0.15, 0.2) is 12.1 Å². The van der Waals surface area contributed by atoms with E-state index in [0.29, 0.717) is 22.4 Å². The van der Waals surface area contributed by atoms with Gasteiger partial charge in [-0.1, -0.05) is 17.7 Å². The number of nitrogens with two attached hydrogens (primary N) is 1. The molecule has 136 valence electrons. The molecule has 1 fully saturated rings. The van der Waals surface area contributed by atoms with Gasteiger partial charge in [-0.25, -0.2) is 14.6 Å². The average Bonchev–Trinajstić information content (AvgIpc) is 3.02. The number of rotatable bonds is 2. The molecule has 0 saturated carbocycles. The van der Waals surface area contributed by atoms with Gasteiger partial charge in [0.1, 0.15) is 22.4 Å². The second-order valence-electron chi connectivity index (χ2n) is 6.53. The lowest BCUT2D eigenvalue weighted by Crippen LogP contribution is -2.19. The number of nitrogens with zero attached hydrogens (tertiary/aromatic N) is 4. The van der Waals surface area contributed by atoms with Gasteiger partial charge in [-0.2, -0.15) is 5.10 Å². The van der Waals surface area contributed by atoms with Gasteiger partial charge in [-0.3, -0.25) is 0 Å². The van der Waals surface area contributed by atoms with Crippen molar-refractivity contribution in [2.45, 2.75) is 39.3 Å². The highest BCUT2D eigenvalue weighted by molar-refractivity contribution is 14.1. The Morgan fingerprint density at radius 3 is 2.77 bits per heavy atom. The Morgan fingerprint density at radius 1 is 1.23 bits per heavy atom. The first-order valence-corrected chi connectivity index (χ1v) is 10.0. The van der Waals surface area contributed by atoms with Crippen molar-refractivity contribution in [2.24, 2.45) is 0 Å². The van der Waals surface area contributed by atoms with Gasteiger partial charge in [0.05, 0.1) is 14.5 Å². The molecule has 1 aliphatic heterocycles. The molecule has 3 heterocycles. The van der Waals surface area contributed by atoms with Crippen molar-refractivity contribution in [3.63, 3.8) is 0 Å². The van der Waals surface area contributed by atoms with Crippen LogP contribution in [-0.4, -0.2) is 26.4 Å². The molecule has 8 heteroatoms. The zero-order chi connectivity index (χ0) is 18.4. The van der Waals surface area contributed by atoms with Gasteiger partial charge in [0.25, 0.3) is 0 Å². The maximum absolute atomic E-state index is 6.45. The fourth-order valence-corrected chi connectivity index (χ4v) is 4.06. The predicted octanol–water partition coefficient (Wildman–Crippen LogP) is 4.65. The van der Waals surface area contributed by atoms with Crippen LogP contribution in [0.4, 0.5) is 5.69 Å². The summed E-state index contributed by atoms with van der Waals surface area (Å²) >= 11 is 8.46. The molecule has 0 spiro atoms. The molecule has 0 aliphatic carbocycles. The number of aryl methyl sites for hydroxylation is 2. The first-order valence-electron chi connectivity index (χ1n) is 8.56. The maximum Gasteiger partial charge on any atom is 0.150 e. The van der Waals surface area contributed by atoms with E-state index in [1.54, 1.807) is 0 Å². The molecular formula is C18H19ClIN5O. The molecule has 0 bridgehead atoms. The average molecular weight is 484 g/mol. The van der Waals surface area contributed by atoms with Crippen LogP contribution in [0.3, 0.4) is 0 Å². The van der Waals surface area contributed by atoms with Gasteiger partial charge in [-0.15, -0.1) is 0 Å². The monoisotopic (exact) mass is 483 g/mol. The molecule has 4 rings (SSSR count). The second-order valence-corrected chi connectivity index (χ2v) is 7.97. The number of hydrogen-bond donors (Lipinski definition) is 1. The predicted molar refractivity (Wildman–Crippen MR) is 111 cm³/mol. The normalized spacial score (nSPS) is 17.8. The van der Waals surface area contributed by atoms with E-state index in [9.17, 15) is 0 Å². The lowest BCUT2D eigenvalue weighted by molar-refractivity contribution is -0.0365. The van der Waals surface area contributed by atoms with Gasteiger partial charge >= 0.3 is 0 Å². The van der Waals surface area contributed by atoms with Crippen LogP contribution in [0, 0.1) is 17.4 Å². The van der Waals surface area contributed by atoms with Crippen molar-refractivity contribution in [2.75, 3.05) is 12.3 Å². The summed E-state index contributed by atoms with van der Waals surface area (Å²) in [6.07, 6.45) is 3.06. The number of nitrogen functional groups attached to an aromatic ring is 1. The topological polar surface area (TPSA) is 78.8 Å². The van der Waals surface area contributed by atoms with E-state index >= 15 is 0 Å². The van der Waals surface area contributed by atoms with E-state index in [-0.39, 0.29) is 6.23 Å². The van der Waals surface area contributed by atoms with E-state index in [0.717, 1.165) is 51.6 Å². The van der Waals surface area contributed by atoms with Crippen molar-refractivity contribution >= 4 is 50.8 Å². The van der Waals surface area contributed by atoms with E-state index in [4.69, 9.17) is 27.2 Å². The number of benzene rings is 1. The van der Waals surface area contributed by atoms with Crippen LogP contribution in [0.2, 0.25) is 5.15 Å². The molecule has 1 aliphatic rings. The van der Waals surface area contributed by atoms with E-state index in [1.807, 2.05) is 24.6 Å². The molecule has 6 nitrogen and oxygen atoms in total. The lowest BCUT2D eigenvalue weighted by Gasteiger charge is -2.23. The first kappa shape index (κ1) is 17.9. The standard InChI is InChI=1S/C18H19ClIN5O/c1-9-6-7-11-13(15(9)21)16(17-14(20)18(19)23-10(2)22-17)24-25(11)12-5-3-4-8-26-12/h6-7,12H,3-5,8,21H2,1-2H3. The van der Waals surface area contributed by atoms with Gasteiger partial charge in [0.2, 0.25) is 0 Å². The number of halogens is 2. The van der Waals surface area contributed by atoms with Gasteiger partial charge in [0, 0.05) is 12.3 Å². The summed E-state index contributed by atoms with van der Waals surface area (Å²) in [4.78, 5) is 8.84. The molecule has 0 radical (unpaired) electrons. The van der Waals surface area contributed by atoms with Crippen LogP contribution < -0.4 is 5.73 Å². The van der Waals surface area contributed by atoms with Crippen LogP contribution in [0.5, 0.6) is 0 Å². The molecule has 0 amide bonds. The molecule has 2 N–H and O–H groups in total. The molecule has 1 aromatic carbocycles. The minimum atomic E-state index is -0.0850. The smallest absolute Gasteiger partial charge is 0.150 e. The highest BCUT2D eigenvalue weighted by Crippen LogP contribution is 2.38. The van der Waals surface area contributed by atoms with E-state index < -0.39 is 0 Å². The Labute approximate surface area is 170 Å². The van der Waals surface area contributed by atoms with E-state index in [2.05, 4.69) is 38.6 Å². The molecule has 3 aromatic rings. The molecular weight excluding hydrogens is 465 g/mol. The highest BCUT2D eigenvalue weighted by Gasteiger charge is 2.25.